The molecule has 0 amide bonds. The summed E-state index contributed by atoms with van der Waals surface area (Å²) in [4.78, 5) is 24.5. The van der Waals surface area contributed by atoms with E-state index in [0.29, 0.717) is 11.3 Å². The van der Waals surface area contributed by atoms with Crippen LogP contribution in [0.25, 0.3) is 11.3 Å². The second-order valence-corrected chi connectivity index (χ2v) is 4.05. The van der Waals surface area contributed by atoms with Crippen LogP contribution in [0.15, 0.2) is 43.1 Å². The number of aromatic amines is 1. The molecule has 0 atom stereocenters. The van der Waals surface area contributed by atoms with Crippen molar-refractivity contribution in [2.75, 3.05) is 5.73 Å². The monoisotopic (exact) mass is 266 g/mol. The Balaban J connectivity index is 2.05. The van der Waals surface area contributed by atoms with Crippen molar-refractivity contribution in [3.05, 3.63) is 54.4 Å². The molecule has 3 N–H and O–H groups in total. The van der Waals surface area contributed by atoms with Crippen molar-refractivity contribution in [2.24, 2.45) is 0 Å². The third kappa shape index (κ3) is 2.12. The van der Waals surface area contributed by atoms with Crippen LogP contribution in [-0.2, 0) is 0 Å². The average molecular weight is 266 g/mol. The van der Waals surface area contributed by atoms with Gasteiger partial charge in [0.1, 0.15) is 0 Å². The summed E-state index contributed by atoms with van der Waals surface area (Å²) < 4.78 is 0. The summed E-state index contributed by atoms with van der Waals surface area (Å²) >= 11 is 0. The molecular formula is C13H10N6O. The zero-order chi connectivity index (χ0) is 13.9. The van der Waals surface area contributed by atoms with E-state index in [2.05, 4.69) is 25.1 Å². The van der Waals surface area contributed by atoms with Crippen molar-refractivity contribution in [3.8, 4) is 11.3 Å². The van der Waals surface area contributed by atoms with Crippen LogP contribution >= 0.6 is 0 Å². The summed E-state index contributed by atoms with van der Waals surface area (Å²) in [7, 11) is 0. The van der Waals surface area contributed by atoms with Crippen molar-refractivity contribution >= 4 is 11.6 Å². The number of rotatable bonds is 3. The van der Waals surface area contributed by atoms with Gasteiger partial charge >= 0.3 is 0 Å². The van der Waals surface area contributed by atoms with E-state index < -0.39 is 0 Å². The van der Waals surface area contributed by atoms with Gasteiger partial charge in [-0.2, -0.15) is 5.10 Å². The molecule has 3 heterocycles. The van der Waals surface area contributed by atoms with E-state index in [1.807, 2.05) is 0 Å². The van der Waals surface area contributed by atoms with Crippen molar-refractivity contribution in [3.63, 3.8) is 0 Å². The molecule has 0 saturated heterocycles. The first-order valence-corrected chi connectivity index (χ1v) is 5.82. The summed E-state index contributed by atoms with van der Waals surface area (Å²) in [5.74, 6) is -0.223. The first-order chi connectivity index (χ1) is 9.75. The number of ketones is 1. The molecule has 7 heteroatoms. The van der Waals surface area contributed by atoms with Crippen LogP contribution in [0, 0.1) is 0 Å². The minimum Gasteiger partial charge on any atom is -0.382 e. The number of nitrogen functional groups attached to an aromatic ring is 1. The van der Waals surface area contributed by atoms with Gasteiger partial charge < -0.3 is 5.73 Å². The number of carbonyl (C=O) groups excluding carboxylic acids is 1. The van der Waals surface area contributed by atoms with Gasteiger partial charge in [0, 0.05) is 29.7 Å². The molecule has 0 aromatic carbocycles. The van der Waals surface area contributed by atoms with Gasteiger partial charge in [0.25, 0.3) is 0 Å². The lowest BCUT2D eigenvalue weighted by Gasteiger charge is -2.05. The van der Waals surface area contributed by atoms with Crippen molar-refractivity contribution < 1.29 is 4.79 Å². The molecule has 98 valence electrons. The number of anilines is 1. The molecule has 0 bridgehead atoms. The fourth-order valence-corrected chi connectivity index (χ4v) is 1.73. The Morgan fingerprint density at radius 3 is 2.85 bits per heavy atom. The first kappa shape index (κ1) is 12.0. The molecule has 0 saturated carbocycles. The summed E-state index contributed by atoms with van der Waals surface area (Å²) in [5.41, 5.74) is 7.53. The molecule has 0 aliphatic carbocycles. The smallest absolute Gasteiger partial charge is 0.216 e. The number of hydrogen-bond donors (Lipinski definition) is 2. The molecule has 0 aliphatic heterocycles. The number of nitrogens with one attached hydrogen (secondary N) is 1. The first-order valence-electron chi connectivity index (χ1n) is 5.82. The molecule has 7 nitrogen and oxygen atoms in total. The highest BCUT2D eigenvalue weighted by atomic mass is 16.1. The molecule has 3 aromatic heterocycles. The zero-order valence-corrected chi connectivity index (χ0v) is 10.3. The van der Waals surface area contributed by atoms with E-state index in [4.69, 9.17) is 5.73 Å². The van der Waals surface area contributed by atoms with Crippen LogP contribution in [0.2, 0.25) is 0 Å². The number of hydrogen-bond acceptors (Lipinski definition) is 6. The fourth-order valence-electron chi connectivity index (χ4n) is 1.73. The average Bonchev–Trinajstić information content (AvgIpc) is 3.02. The molecule has 3 rings (SSSR count). The van der Waals surface area contributed by atoms with Gasteiger partial charge in [-0.25, -0.2) is 9.97 Å². The maximum atomic E-state index is 12.3. The molecule has 20 heavy (non-hydrogen) atoms. The van der Waals surface area contributed by atoms with E-state index >= 15 is 0 Å². The Labute approximate surface area is 113 Å². The highest BCUT2D eigenvalue weighted by molar-refractivity contribution is 6.10. The number of nitrogens with zero attached hydrogens (tertiary/aromatic N) is 4. The van der Waals surface area contributed by atoms with E-state index in [0.717, 1.165) is 5.56 Å². The molecule has 0 fully saturated rings. The highest BCUT2D eigenvalue weighted by Gasteiger charge is 2.16. The molecule has 0 aliphatic rings. The van der Waals surface area contributed by atoms with Crippen molar-refractivity contribution in [1.29, 1.82) is 0 Å². The van der Waals surface area contributed by atoms with Gasteiger partial charge in [0.2, 0.25) is 5.78 Å². The number of nitrogens with two attached hydrogens (primary N) is 1. The largest absolute Gasteiger partial charge is 0.382 e. The van der Waals surface area contributed by atoms with Gasteiger partial charge in [-0.05, 0) is 12.1 Å². The molecule has 0 spiro atoms. The SMILES string of the molecule is Nc1ncc(-c2cn[nH]c2)nc1C(=O)c1cccnc1. The molecule has 0 radical (unpaired) electrons. The Morgan fingerprint density at radius 1 is 1.25 bits per heavy atom. The Bertz CT molecular complexity index is 739. The van der Waals surface area contributed by atoms with Gasteiger partial charge in [0.05, 0.1) is 18.1 Å². The van der Waals surface area contributed by atoms with E-state index in [-0.39, 0.29) is 17.3 Å². The van der Waals surface area contributed by atoms with Gasteiger partial charge in [-0.1, -0.05) is 0 Å². The van der Waals surface area contributed by atoms with Crippen LogP contribution in [0.4, 0.5) is 5.82 Å². The third-order valence-electron chi connectivity index (χ3n) is 2.73. The number of pyridine rings is 1. The van der Waals surface area contributed by atoms with Crippen molar-refractivity contribution in [2.45, 2.75) is 0 Å². The number of carbonyl (C=O) groups is 1. The predicted octanol–water partition coefficient (Wildman–Crippen LogP) is 1.07. The van der Waals surface area contributed by atoms with Gasteiger partial charge in [0.15, 0.2) is 11.5 Å². The minimum atomic E-state index is -0.312. The predicted molar refractivity (Wildman–Crippen MR) is 71.7 cm³/mol. The second-order valence-electron chi connectivity index (χ2n) is 4.05. The summed E-state index contributed by atoms with van der Waals surface area (Å²) in [6, 6.07) is 3.33. The quantitative estimate of drug-likeness (QED) is 0.686. The minimum absolute atomic E-state index is 0.0890. The van der Waals surface area contributed by atoms with Crippen LogP contribution in [-0.4, -0.2) is 30.9 Å². The lowest BCUT2D eigenvalue weighted by Crippen LogP contribution is -2.10. The standard InChI is InChI=1S/C13H10N6O/c14-13-11(12(20)8-2-1-3-15-4-8)19-10(7-16-13)9-5-17-18-6-9/h1-7H,(H2,14,16)(H,17,18). The van der Waals surface area contributed by atoms with E-state index in [1.165, 1.54) is 12.4 Å². The maximum absolute atomic E-state index is 12.3. The molecule has 3 aromatic rings. The second kappa shape index (κ2) is 4.88. The zero-order valence-electron chi connectivity index (χ0n) is 10.3. The van der Waals surface area contributed by atoms with Crippen LogP contribution in [0.3, 0.4) is 0 Å². The molecule has 0 unspecified atom stereocenters. The number of H-pyrrole nitrogens is 1. The Hall–Kier alpha value is -3.09. The fraction of sp³-hybridized carbons (Fsp3) is 0. The van der Waals surface area contributed by atoms with E-state index in [1.54, 1.807) is 30.7 Å². The summed E-state index contributed by atoms with van der Waals surface area (Å²) in [6.45, 7) is 0. The van der Waals surface area contributed by atoms with Crippen LogP contribution in [0.5, 0.6) is 0 Å². The van der Waals surface area contributed by atoms with Crippen LogP contribution < -0.4 is 5.73 Å². The molecular weight excluding hydrogens is 256 g/mol. The lowest BCUT2D eigenvalue weighted by atomic mass is 10.1. The number of aromatic nitrogens is 5. The maximum Gasteiger partial charge on any atom is 0.216 e. The Kier molecular flexibility index (Phi) is 2.92. The highest BCUT2D eigenvalue weighted by Crippen LogP contribution is 2.18. The summed E-state index contributed by atoms with van der Waals surface area (Å²) in [6.07, 6.45) is 7.82. The Morgan fingerprint density at radius 2 is 2.15 bits per heavy atom. The van der Waals surface area contributed by atoms with Crippen LogP contribution in [0.1, 0.15) is 16.1 Å². The third-order valence-corrected chi connectivity index (χ3v) is 2.73. The van der Waals surface area contributed by atoms with Crippen molar-refractivity contribution in [1.82, 2.24) is 25.1 Å². The van der Waals surface area contributed by atoms with Gasteiger partial charge in [-0.15, -0.1) is 0 Å². The topological polar surface area (TPSA) is 110 Å². The normalized spacial score (nSPS) is 10.4. The summed E-state index contributed by atoms with van der Waals surface area (Å²) in [5, 5.41) is 6.51. The van der Waals surface area contributed by atoms with Gasteiger partial charge in [-0.3, -0.25) is 14.9 Å². The lowest BCUT2D eigenvalue weighted by molar-refractivity contribution is 0.103. The van der Waals surface area contributed by atoms with E-state index in [9.17, 15) is 4.79 Å².